The Kier molecular flexibility index (Phi) is 23.4. The van der Waals surface area contributed by atoms with E-state index < -0.39 is 30.5 Å². The predicted octanol–water partition coefficient (Wildman–Crippen LogP) is 10.9. The summed E-state index contributed by atoms with van der Waals surface area (Å²) in [5.74, 6) is 5.03. The molecule has 0 radical (unpaired) electrons. The molecule has 8 aromatic carbocycles. The Morgan fingerprint density at radius 3 is 0.433 bits per heavy atom. The molecule has 0 aromatic heterocycles. The quantitative estimate of drug-likeness (QED) is 0.0200. The Balaban J connectivity index is 0.707. The van der Waals surface area contributed by atoms with E-state index in [2.05, 4.69) is 55.4 Å². The lowest BCUT2D eigenvalue weighted by molar-refractivity contribution is 0.0536. The maximum absolute atomic E-state index is 10.8. The van der Waals surface area contributed by atoms with Crippen LogP contribution in [0.25, 0.3) is 0 Å². The van der Waals surface area contributed by atoms with Gasteiger partial charge in [0.2, 0.25) is 0 Å². The SMILES string of the molecule is CC(C)(c1ccc(OCC(O)CO)cc1)c1ccc(OCC(O)COc2ccc(C(C)(C)c3ccc(OCC(O)COc4ccc(C(C)(C)c5ccc(OCC(O)COc6ccc(C(C)(C)c7ccc(OCC(O)CO)cc7)cc6)cc5)cc4)cc3)cc2)cc1. The first-order chi connectivity index (χ1) is 43.0. The zero-order valence-corrected chi connectivity index (χ0v) is 52.8. The third-order valence-electron chi connectivity index (χ3n) is 16.6. The highest BCUT2D eigenvalue weighted by atomic mass is 16.5. The average Bonchev–Trinajstić information content (AvgIpc) is 1.53. The maximum Gasteiger partial charge on any atom is 0.122 e. The van der Waals surface area contributed by atoms with Crippen molar-refractivity contribution in [3.63, 3.8) is 0 Å². The molecule has 15 nitrogen and oxygen atoms in total. The number of aliphatic hydroxyl groups excluding tert-OH is 7. The second-order valence-electron chi connectivity index (χ2n) is 24.8. The zero-order valence-electron chi connectivity index (χ0n) is 52.8. The number of ether oxygens (including phenoxy) is 8. The highest BCUT2D eigenvalue weighted by molar-refractivity contribution is 5.46. The first-order valence-corrected chi connectivity index (χ1v) is 30.5. The summed E-state index contributed by atoms with van der Waals surface area (Å²) in [7, 11) is 0. The number of benzene rings is 8. The Morgan fingerprint density at radius 1 is 0.211 bits per heavy atom. The van der Waals surface area contributed by atoms with Crippen LogP contribution in [0.4, 0.5) is 0 Å². The predicted molar refractivity (Wildman–Crippen MR) is 348 cm³/mol. The van der Waals surface area contributed by atoms with Gasteiger partial charge in [0.1, 0.15) is 129 Å². The molecule has 0 saturated heterocycles. The van der Waals surface area contributed by atoms with Gasteiger partial charge in [0.15, 0.2) is 0 Å². The largest absolute Gasteiger partial charge is 0.491 e. The summed E-state index contributed by atoms with van der Waals surface area (Å²) in [4.78, 5) is 0. The van der Waals surface area contributed by atoms with Gasteiger partial charge in [0.05, 0.1) is 13.2 Å². The molecule has 0 spiro atoms. The first kappa shape index (κ1) is 67.8. The summed E-state index contributed by atoms with van der Waals surface area (Å²) in [6, 6.07) is 62.4. The van der Waals surface area contributed by atoms with E-state index in [1.165, 1.54) is 0 Å². The van der Waals surface area contributed by atoms with Gasteiger partial charge in [0, 0.05) is 21.7 Å². The van der Waals surface area contributed by atoms with Crippen LogP contribution < -0.4 is 37.9 Å². The van der Waals surface area contributed by atoms with Crippen molar-refractivity contribution >= 4 is 0 Å². The molecule has 0 saturated carbocycles. The molecule has 8 rings (SSSR count). The highest BCUT2D eigenvalue weighted by Crippen LogP contribution is 2.38. The molecule has 0 fully saturated rings. The van der Waals surface area contributed by atoms with Crippen LogP contribution in [0, 0.1) is 0 Å². The smallest absolute Gasteiger partial charge is 0.122 e. The fourth-order valence-corrected chi connectivity index (χ4v) is 10.2. The van der Waals surface area contributed by atoms with Crippen molar-refractivity contribution < 1.29 is 73.6 Å². The van der Waals surface area contributed by atoms with E-state index in [0.29, 0.717) is 46.0 Å². The summed E-state index contributed by atoms with van der Waals surface area (Å²) >= 11 is 0. The van der Waals surface area contributed by atoms with Crippen LogP contribution in [0.1, 0.15) is 99.9 Å². The summed E-state index contributed by atoms with van der Waals surface area (Å²) < 4.78 is 46.7. The van der Waals surface area contributed by atoms with E-state index in [4.69, 9.17) is 48.1 Å². The second kappa shape index (κ2) is 31.1. The van der Waals surface area contributed by atoms with Crippen LogP contribution >= 0.6 is 0 Å². The summed E-state index contributed by atoms with van der Waals surface area (Å²) in [6.45, 7) is 16.8. The van der Waals surface area contributed by atoms with Crippen molar-refractivity contribution in [2.45, 2.75) is 108 Å². The van der Waals surface area contributed by atoms with Gasteiger partial charge in [-0.15, -0.1) is 0 Å². The number of hydrogen-bond acceptors (Lipinski definition) is 15. The van der Waals surface area contributed by atoms with Gasteiger partial charge in [-0.2, -0.15) is 0 Å². The summed E-state index contributed by atoms with van der Waals surface area (Å²) in [5, 5.41) is 69.5. The van der Waals surface area contributed by atoms with Crippen molar-refractivity contribution in [1.82, 2.24) is 0 Å². The van der Waals surface area contributed by atoms with Gasteiger partial charge < -0.3 is 73.6 Å². The molecule has 0 amide bonds. The lowest BCUT2D eigenvalue weighted by Crippen LogP contribution is -2.25. The molecule has 0 aliphatic carbocycles. The topological polar surface area (TPSA) is 215 Å². The van der Waals surface area contributed by atoms with E-state index in [0.717, 1.165) is 44.5 Å². The number of hydrogen-bond donors (Lipinski definition) is 7. The lowest BCUT2D eigenvalue weighted by atomic mass is 9.78. The average molecular weight is 1230 g/mol. The highest BCUT2D eigenvalue weighted by Gasteiger charge is 2.28. The lowest BCUT2D eigenvalue weighted by Gasteiger charge is -2.27. The van der Waals surface area contributed by atoms with Gasteiger partial charge in [-0.25, -0.2) is 0 Å². The van der Waals surface area contributed by atoms with Gasteiger partial charge in [-0.05, 0) is 142 Å². The van der Waals surface area contributed by atoms with Gasteiger partial charge >= 0.3 is 0 Å². The van der Waals surface area contributed by atoms with E-state index in [-0.39, 0.29) is 87.7 Å². The van der Waals surface area contributed by atoms with Crippen molar-refractivity contribution in [3.8, 4) is 46.0 Å². The molecule has 478 valence electrons. The summed E-state index contributed by atoms with van der Waals surface area (Å²) in [5.41, 5.74) is 7.33. The minimum atomic E-state index is -0.925. The van der Waals surface area contributed by atoms with Gasteiger partial charge in [-0.1, -0.05) is 152 Å². The van der Waals surface area contributed by atoms with Crippen LogP contribution in [0.3, 0.4) is 0 Å². The molecule has 7 N–H and O–H groups in total. The standard InChI is InChI=1S/C75H88O15/c1-72(2,51-9-25-64(26-10-51)83-43-59(78)41-76)53-13-29-66(30-14-53)85-45-61(80)47-87-68-33-17-55(18-34-68)74(5,6)57-21-37-70(38-22-57)89-49-63(82)50-90-71-39-23-58(24-40-71)75(7,8)56-19-35-69(36-20-56)88-48-62(81)46-86-67-31-15-54(16-32-67)73(3,4)52-11-27-65(28-12-52)84-44-60(79)42-77/h9-40,59-63,76-82H,41-50H2,1-8H3. The first-order valence-electron chi connectivity index (χ1n) is 30.5. The molecule has 4 unspecified atom stereocenters. The normalized spacial score (nSPS) is 13.7. The minimum Gasteiger partial charge on any atom is -0.491 e. The Labute approximate surface area is 529 Å². The van der Waals surface area contributed by atoms with Crippen molar-refractivity contribution in [2.24, 2.45) is 0 Å². The van der Waals surface area contributed by atoms with Crippen molar-refractivity contribution in [2.75, 3.05) is 66.1 Å². The van der Waals surface area contributed by atoms with Crippen molar-refractivity contribution in [1.29, 1.82) is 0 Å². The van der Waals surface area contributed by atoms with Crippen LogP contribution in [0.5, 0.6) is 46.0 Å². The van der Waals surface area contributed by atoms with E-state index in [1.54, 1.807) is 0 Å². The van der Waals surface area contributed by atoms with Crippen LogP contribution in [-0.4, -0.2) is 132 Å². The Morgan fingerprint density at radius 2 is 0.322 bits per heavy atom. The Bertz CT molecular complexity index is 3170. The minimum absolute atomic E-state index is 0.0195. The third kappa shape index (κ3) is 18.5. The molecule has 0 heterocycles. The third-order valence-corrected chi connectivity index (χ3v) is 16.6. The molecule has 8 aromatic rings. The molecule has 0 aliphatic heterocycles. The molecular formula is C75H88O15. The second-order valence-corrected chi connectivity index (χ2v) is 24.8. The van der Waals surface area contributed by atoms with E-state index in [9.17, 15) is 25.5 Å². The van der Waals surface area contributed by atoms with Gasteiger partial charge in [0.25, 0.3) is 0 Å². The molecular weight excluding hydrogens is 1140 g/mol. The van der Waals surface area contributed by atoms with Crippen LogP contribution in [0.2, 0.25) is 0 Å². The fourth-order valence-electron chi connectivity index (χ4n) is 10.2. The van der Waals surface area contributed by atoms with Crippen LogP contribution in [0.15, 0.2) is 194 Å². The Hall–Kier alpha value is -8.12. The summed E-state index contributed by atoms with van der Waals surface area (Å²) in [6.07, 6.45) is -4.43. The van der Waals surface area contributed by atoms with Crippen LogP contribution in [-0.2, 0) is 21.7 Å². The van der Waals surface area contributed by atoms with E-state index in [1.807, 2.05) is 194 Å². The number of rotatable bonds is 34. The number of aliphatic hydroxyl groups is 7. The molecule has 4 atom stereocenters. The molecule has 0 aliphatic rings. The maximum atomic E-state index is 10.8. The molecule has 0 bridgehead atoms. The molecule has 15 heteroatoms. The monoisotopic (exact) mass is 1230 g/mol. The zero-order chi connectivity index (χ0) is 64.5. The fraction of sp³-hybridized carbons (Fsp3) is 0.360. The van der Waals surface area contributed by atoms with Gasteiger partial charge in [-0.3, -0.25) is 0 Å². The van der Waals surface area contributed by atoms with Crippen molar-refractivity contribution in [3.05, 3.63) is 239 Å². The van der Waals surface area contributed by atoms with E-state index >= 15 is 0 Å². The molecule has 90 heavy (non-hydrogen) atoms.